The van der Waals surface area contributed by atoms with Crippen LogP contribution in [-0.4, -0.2) is 20.9 Å². The maximum Gasteiger partial charge on any atom is 0.251 e. The number of sulfonamides is 1. The second kappa shape index (κ2) is 7.56. The minimum Gasteiger partial charge on any atom is -0.352 e. The van der Waals surface area contributed by atoms with Crippen LogP contribution in [0.25, 0.3) is 0 Å². The predicted octanol–water partition coefficient (Wildman–Crippen LogP) is 2.06. The van der Waals surface area contributed by atoms with Gasteiger partial charge in [-0.25, -0.2) is 13.6 Å². The van der Waals surface area contributed by atoms with Gasteiger partial charge in [-0.15, -0.1) is 0 Å². The molecule has 0 spiro atoms. The van der Waals surface area contributed by atoms with Crippen molar-refractivity contribution in [2.24, 2.45) is 11.1 Å². The van der Waals surface area contributed by atoms with Crippen molar-refractivity contribution in [1.82, 2.24) is 5.32 Å². The molecule has 0 aliphatic carbocycles. The number of nitrogens with one attached hydrogen (secondary N) is 1. The smallest absolute Gasteiger partial charge is 0.251 e. The summed E-state index contributed by atoms with van der Waals surface area (Å²) in [4.78, 5) is 12.0. The lowest BCUT2D eigenvalue weighted by atomic mass is 10.1. The summed E-state index contributed by atoms with van der Waals surface area (Å²) in [7, 11) is -3.82. The molecule has 1 aromatic rings. The van der Waals surface area contributed by atoms with E-state index in [2.05, 4.69) is 19.2 Å². The molecular weight excluding hydrogens is 288 g/mol. The highest BCUT2D eigenvalue weighted by Crippen LogP contribution is 2.17. The molecule has 3 N–H and O–H groups in total. The summed E-state index contributed by atoms with van der Waals surface area (Å²) in [5.41, 5.74) is 0.939. The molecule has 1 amide bonds. The molecule has 6 heteroatoms. The fraction of sp³-hybridized carbons (Fsp3) is 0.533. The molecule has 0 aliphatic heterocycles. The lowest BCUT2D eigenvalue weighted by Crippen LogP contribution is -2.25. The van der Waals surface area contributed by atoms with Gasteiger partial charge in [-0.3, -0.25) is 4.79 Å². The summed E-state index contributed by atoms with van der Waals surface area (Å²) in [6.07, 6.45) is 2.48. The zero-order valence-electron chi connectivity index (χ0n) is 12.8. The number of primary sulfonamides is 1. The van der Waals surface area contributed by atoms with Gasteiger partial charge in [0.05, 0.1) is 4.90 Å². The van der Waals surface area contributed by atoms with Crippen molar-refractivity contribution in [2.75, 3.05) is 6.54 Å². The summed E-state index contributed by atoms with van der Waals surface area (Å²) in [6, 6.07) is 4.63. The Labute approximate surface area is 127 Å². The average Bonchev–Trinajstić information content (AvgIpc) is 2.41. The third-order valence-corrected chi connectivity index (χ3v) is 4.25. The van der Waals surface area contributed by atoms with Crippen LogP contribution in [0.1, 0.15) is 49.5 Å². The summed E-state index contributed by atoms with van der Waals surface area (Å²) in [5, 5.41) is 7.99. The van der Waals surface area contributed by atoms with E-state index in [1.807, 2.05) is 6.92 Å². The fourth-order valence-electron chi connectivity index (χ4n) is 2.07. The summed E-state index contributed by atoms with van der Waals surface area (Å²) >= 11 is 0. The van der Waals surface area contributed by atoms with Crippen molar-refractivity contribution in [3.63, 3.8) is 0 Å². The first kappa shape index (κ1) is 17.7. The molecule has 0 radical (unpaired) electrons. The molecule has 0 saturated heterocycles. The third kappa shape index (κ3) is 5.47. The average molecular weight is 312 g/mol. The number of aryl methyl sites for hydroxylation is 1. The second-order valence-corrected chi connectivity index (χ2v) is 7.04. The Hall–Kier alpha value is -1.40. The lowest BCUT2D eigenvalue weighted by molar-refractivity contribution is 0.0952. The Balaban J connectivity index is 2.82. The van der Waals surface area contributed by atoms with Gasteiger partial charge in [-0.05, 0) is 42.9 Å². The van der Waals surface area contributed by atoms with E-state index in [0.29, 0.717) is 30.0 Å². The first-order valence-electron chi connectivity index (χ1n) is 7.19. The number of hydrogen-bond acceptors (Lipinski definition) is 3. The van der Waals surface area contributed by atoms with Crippen LogP contribution < -0.4 is 10.5 Å². The minimum atomic E-state index is -3.82. The van der Waals surface area contributed by atoms with E-state index in [9.17, 15) is 13.2 Å². The highest BCUT2D eigenvalue weighted by molar-refractivity contribution is 7.89. The van der Waals surface area contributed by atoms with E-state index >= 15 is 0 Å². The standard InChI is InChI=1S/C15H24N2O3S/c1-4-12-7-8-13(10-14(12)21(16,19)20)15(18)17-9-5-6-11(2)3/h7-8,10-11H,4-6,9H2,1-3H3,(H,17,18)(H2,16,19,20). The van der Waals surface area contributed by atoms with E-state index in [0.717, 1.165) is 12.8 Å². The molecule has 0 saturated carbocycles. The van der Waals surface area contributed by atoms with Gasteiger partial charge in [-0.1, -0.05) is 26.8 Å². The van der Waals surface area contributed by atoms with Crippen LogP contribution in [0.2, 0.25) is 0 Å². The van der Waals surface area contributed by atoms with Gasteiger partial charge < -0.3 is 5.32 Å². The normalized spacial score (nSPS) is 11.7. The molecule has 5 nitrogen and oxygen atoms in total. The van der Waals surface area contributed by atoms with E-state index in [4.69, 9.17) is 5.14 Å². The van der Waals surface area contributed by atoms with E-state index in [1.54, 1.807) is 12.1 Å². The van der Waals surface area contributed by atoms with Crippen LogP contribution >= 0.6 is 0 Å². The van der Waals surface area contributed by atoms with Gasteiger partial charge in [0.1, 0.15) is 0 Å². The quantitative estimate of drug-likeness (QED) is 0.755. The van der Waals surface area contributed by atoms with Crippen LogP contribution in [0, 0.1) is 5.92 Å². The molecule has 118 valence electrons. The Bertz CT molecular complexity index is 595. The minimum absolute atomic E-state index is 0.0276. The molecule has 1 aromatic carbocycles. The van der Waals surface area contributed by atoms with E-state index in [1.165, 1.54) is 6.07 Å². The van der Waals surface area contributed by atoms with Crippen LogP contribution in [0.5, 0.6) is 0 Å². The Morgan fingerprint density at radius 2 is 2.00 bits per heavy atom. The molecule has 0 bridgehead atoms. The van der Waals surface area contributed by atoms with Crippen molar-refractivity contribution in [1.29, 1.82) is 0 Å². The number of rotatable bonds is 7. The number of carbonyl (C=O) groups is 1. The molecule has 0 aliphatic rings. The first-order valence-corrected chi connectivity index (χ1v) is 8.74. The van der Waals surface area contributed by atoms with Crippen molar-refractivity contribution < 1.29 is 13.2 Å². The van der Waals surface area contributed by atoms with Gasteiger partial charge in [0.15, 0.2) is 0 Å². The van der Waals surface area contributed by atoms with Crippen LogP contribution in [-0.2, 0) is 16.4 Å². The maximum atomic E-state index is 12.0. The highest BCUT2D eigenvalue weighted by atomic mass is 32.2. The van der Waals surface area contributed by atoms with Crippen LogP contribution in [0.3, 0.4) is 0 Å². The van der Waals surface area contributed by atoms with Gasteiger partial charge in [0, 0.05) is 12.1 Å². The van der Waals surface area contributed by atoms with E-state index in [-0.39, 0.29) is 10.8 Å². The highest BCUT2D eigenvalue weighted by Gasteiger charge is 2.16. The zero-order valence-corrected chi connectivity index (χ0v) is 13.7. The van der Waals surface area contributed by atoms with Crippen molar-refractivity contribution >= 4 is 15.9 Å². The monoisotopic (exact) mass is 312 g/mol. The number of nitrogens with two attached hydrogens (primary N) is 1. The Morgan fingerprint density at radius 3 is 2.52 bits per heavy atom. The van der Waals surface area contributed by atoms with Gasteiger partial charge >= 0.3 is 0 Å². The first-order chi connectivity index (χ1) is 9.75. The van der Waals surface area contributed by atoms with Gasteiger partial charge in [0.2, 0.25) is 10.0 Å². The summed E-state index contributed by atoms with van der Waals surface area (Å²) in [5.74, 6) is 0.325. The van der Waals surface area contributed by atoms with E-state index < -0.39 is 10.0 Å². The van der Waals surface area contributed by atoms with Crippen molar-refractivity contribution in [3.05, 3.63) is 29.3 Å². The second-order valence-electron chi connectivity index (χ2n) is 5.51. The van der Waals surface area contributed by atoms with Crippen molar-refractivity contribution in [3.8, 4) is 0 Å². The van der Waals surface area contributed by atoms with Gasteiger partial charge in [0.25, 0.3) is 5.91 Å². The van der Waals surface area contributed by atoms with Crippen LogP contribution in [0.4, 0.5) is 0 Å². The number of amides is 1. The predicted molar refractivity (Wildman–Crippen MR) is 83.6 cm³/mol. The fourth-order valence-corrected chi connectivity index (χ4v) is 2.94. The SMILES string of the molecule is CCc1ccc(C(=O)NCCCC(C)C)cc1S(N)(=O)=O. The molecule has 0 heterocycles. The molecular formula is C15H24N2O3S. The molecule has 0 fully saturated rings. The Kier molecular flexibility index (Phi) is 6.36. The summed E-state index contributed by atoms with van der Waals surface area (Å²) in [6.45, 7) is 6.68. The molecule has 0 aromatic heterocycles. The Morgan fingerprint density at radius 1 is 1.33 bits per heavy atom. The number of benzene rings is 1. The zero-order chi connectivity index (χ0) is 16.0. The lowest BCUT2D eigenvalue weighted by Gasteiger charge is -2.10. The van der Waals surface area contributed by atoms with Crippen LogP contribution in [0.15, 0.2) is 23.1 Å². The third-order valence-electron chi connectivity index (χ3n) is 3.26. The number of hydrogen-bond donors (Lipinski definition) is 2. The molecule has 21 heavy (non-hydrogen) atoms. The molecule has 0 atom stereocenters. The molecule has 1 rings (SSSR count). The summed E-state index contributed by atoms with van der Waals surface area (Å²) < 4.78 is 23.1. The largest absolute Gasteiger partial charge is 0.352 e. The molecule has 0 unspecified atom stereocenters. The topological polar surface area (TPSA) is 89.3 Å². The number of carbonyl (C=O) groups excluding carboxylic acids is 1. The maximum absolute atomic E-state index is 12.0. The van der Waals surface area contributed by atoms with Crippen molar-refractivity contribution in [2.45, 2.75) is 44.9 Å². The van der Waals surface area contributed by atoms with Gasteiger partial charge in [-0.2, -0.15) is 0 Å².